The van der Waals surface area contributed by atoms with Gasteiger partial charge in [-0.15, -0.1) is 11.8 Å². The molecule has 0 spiro atoms. The quantitative estimate of drug-likeness (QED) is 0.228. The molecule has 0 aliphatic carbocycles. The summed E-state index contributed by atoms with van der Waals surface area (Å²) in [6, 6.07) is 0. The van der Waals surface area contributed by atoms with Crippen LogP contribution in [0.4, 0.5) is 39.5 Å². The molecule has 0 N–H and O–H groups in total. The summed E-state index contributed by atoms with van der Waals surface area (Å²) in [5.41, 5.74) is 0. The summed E-state index contributed by atoms with van der Waals surface area (Å²) in [7, 11) is 0. The number of carbonyl (C=O) groups excluding carboxylic acids is 1. The predicted molar refractivity (Wildman–Crippen MR) is 82.5 cm³/mol. The van der Waals surface area contributed by atoms with Gasteiger partial charge in [-0.25, -0.2) is 0 Å². The van der Waals surface area contributed by atoms with Gasteiger partial charge in [0.25, 0.3) is 0 Å². The molecule has 162 valence electrons. The second-order valence-corrected chi connectivity index (χ2v) is 7.41. The zero-order chi connectivity index (χ0) is 21.7. The van der Waals surface area contributed by atoms with Crippen LogP contribution in [0.2, 0.25) is 0 Å². The molecule has 0 amide bonds. The summed E-state index contributed by atoms with van der Waals surface area (Å²) in [4.78, 5) is 11.8. The van der Waals surface area contributed by atoms with Crippen molar-refractivity contribution in [2.45, 2.75) is 69.2 Å². The fourth-order valence-corrected chi connectivity index (χ4v) is 3.04. The monoisotopic (exact) mass is 436 g/mol. The molecular weight excluding hydrogens is 415 g/mol. The summed E-state index contributed by atoms with van der Waals surface area (Å²) in [6.45, 7) is 5.11. The highest BCUT2D eigenvalue weighted by atomic mass is 32.2. The largest absolute Gasteiger partial charge is 0.465 e. The van der Waals surface area contributed by atoms with E-state index in [1.165, 1.54) is 0 Å². The third-order valence-electron chi connectivity index (χ3n) is 3.43. The van der Waals surface area contributed by atoms with Gasteiger partial charge >= 0.3 is 29.9 Å². The first-order chi connectivity index (χ1) is 12.0. The Bertz CT molecular complexity index is 478. The average molecular weight is 436 g/mol. The van der Waals surface area contributed by atoms with Crippen LogP contribution < -0.4 is 0 Å². The van der Waals surface area contributed by atoms with Crippen molar-refractivity contribution in [1.82, 2.24) is 0 Å². The van der Waals surface area contributed by atoms with Crippen LogP contribution in [-0.4, -0.2) is 47.5 Å². The Morgan fingerprint density at radius 1 is 0.963 bits per heavy atom. The second kappa shape index (κ2) is 9.60. The number of hydrogen-bond acceptors (Lipinski definition) is 3. The number of halogens is 9. The van der Waals surface area contributed by atoms with Gasteiger partial charge in [0, 0.05) is 6.42 Å². The van der Waals surface area contributed by atoms with Gasteiger partial charge in [0.15, 0.2) is 0 Å². The van der Waals surface area contributed by atoms with Crippen LogP contribution in [-0.2, 0) is 9.53 Å². The van der Waals surface area contributed by atoms with Gasteiger partial charge in [-0.3, -0.25) is 4.79 Å². The van der Waals surface area contributed by atoms with E-state index < -0.39 is 48.0 Å². The molecule has 1 unspecified atom stereocenters. The average Bonchev–Trinajstić information content (AvgIpc) is 2.50. The smallest absolute Gasteiger partial charge is 0.460 e. The molecule has 0 aliphatic rings. The van der Waals surface area contributed by atoms with Crippen LogP contribution >= 0.6 is 11.8 Å². The maximum atomic E-state index is 13.4. The number of thioether (sulfide) groups is 1. The van der Waals surface area contributed by atoms with Gasteiger partial charge in [0.2, 0.25) is 0 Å². The lowest BCUT2D eigenvalue weighted by molar-refractivity contribution is -0.396. The number of esters is 1. The van der Waals surface area contributed by atoms with Crippen molar-refractivity contribution in [2.75, 3.05) is 12.4 Å². The van der Waals surface area contributed by atoms with E-state index in [0.29, 0.717) is 6.42 Å². The van der Waals surface area contributed by atoms with Crippen LogP contribution in [0.25, 0.3) is 0 Å². The van der Waals surface area contributed by atoms with E-state index in [1.807, 2.05) is 0 Å². The van der Waals surface area contributed by atoms with Crippen molar-refractivity contribution in [2.24, 2.45) is 5.92 Å². The molecule has 1 atom stereocenters. The highest BCUT2D eigenvalue weighted by molar-refractivity contribution is 8.00. The molecule has 2 nitrogen and oxygen atoms in total. The molecule has 0 radical (unpaired) electrons. The first kappa shape index (κ1) is 26.2. The number of rotatable bonds is 11. The first-order valence-corrected chi connectivity index (χ1v) is 9.06. The maximum absolute atomic E-state index is 13.4. The van der Waals surface area contributed by atoms with Crippen molar-refractivity contribution < 1.29 is 49.0 Å². The Morgan fingerprint density at radius 2 is 1.48 bits per heavy atom. The van der Waals surface area contributed by atoms with Gasteiger partial charge in [-0.1, -0.05) is 20.8 Å². The second-order valence-electron chi connectivity index (χ2n) is 6.16. The number of carbonyl (C=O) groups is 1. The van der Waals surface area contributed by atoms with Crippen LogP contribution in [0, 0.1) is 5.92 Å². The van der Waals surface area contributed by atoms with E-state index in [4.69, 9.17) is 4.74 Å². The summed E-state index contributed by atoms with van der Waals surface area (Å²) >= 11 is 0.790. The summed E-state index contributed by atoms with van der Waals surface area (Å²) in [6.07, 6.45) is -8.98. The molecule has 0 aromatic rings. The van der Waals surface area contributed by atoms with Crippen LogP contribution in [0.3, 0.4) is 0 Å². The molecule has 27 heavy (non-hydrogen) atoms. The molecule has 0 saturated heterocycles. The topological polar surface area (TPSA) is 26.3 Å². The van der Waals surface area contributed by atoms with Gasteiger partial charge in [0.1, 0.15) is 5.25 Å². The van der Waals surface area contributed by atoms with Gasteiger partial charge in [0.05, 0.1) is 6.61 Å². The minimum atomic E-state index is -6.87. The van der Waals surface area contributed by atoms with Crippen molar-refractivity contribution in [3.05, 3.63) is 0 Å². The Kier molecular flexibility index (Phi) is 9.31. The maximum Gasteiger partial charge on any atom is 0.460 e. The molecule has 0 heterocycles. The molecule has 0 rings (SSSR count). The van der Waals surface area contributed by atoms with Gasteiger partial charge in [-0.05, 0) is 24.5 Å². The molecule has 12 heteroatoms. The molecule has 0 aliphatic heterocycles. The SMILES string of the molecule is CCCOC(=O)C(SCCCC(F)(F)C(F)(F)C(F)(F)C(F)(F)F)C(C)C. The van der Waals surface area contributed by atoms with E-state index in [9.17, 15) is 44.3 Å². The third-order valence-corrected chi connectivity index (χ3v) is 5.05. The van der Waals surface area contributed by atoms with E-state index in [2.05, 4.69) is 0 Å². The van der Waals surface area contributed by atoms with Crippen molar-refractivity contribution in [1.29, 1.82) is 0 Å². The summed E-state index contributed by atoms with van der Waals surface area (Å²) < 4.78 is 120. The fraction of sp³-hybridized carbons (Fsp3) is 0.933. The molecule has 0 bridgehead atoms. The third kappa shape index (κ3) is 6.35. The highest BCUT2D eigenvalue weighted by Gasteiger charge is 2.81. The number of alkyl halides is 9. The lowest BCUT2D eigenvalue weighted by Gasteiger charge is -2.33. The minimum absolute atomic E-state index is 0.124. The lowest BCUT2D eigenvalue weighted by atomic mass is 10.00. The zero-order valence-corrected chi connectivity index (χ0v) is 15.6. The summed E-state index contributed by atoms with van der Waals surface area (Å²) in [5.74, 6) is -20.3. The van der Waals surface area contributed by atoms with Crippen LogP contribution in [0.15, 0.2) is 0 Å². The van der Waals surface area contributed by atoms with Gasteiger partial charge in [-0.2, -0.15) is 39.5 Å². The first-order valence-electron chi connectivity index (χ1n) is 8.01. The Labute approximate surface area is 155 Å². The number of ether oxygens (including phenoxy) is 1. The van der Waals surface area contributed by atoms with Crippen molar-refractivity contribution >= 4 is 17.7 Å². The Morgan fingerprint density at radius 3 is 1.89 bits per heavy atom. The highest BCUT2D eigenvalue weighted by Crippen LogP contribution is 2.54. The zero-order valence-electron chi connectivity index (χ0n) is 14.8. The van der Waals surface area contributed by atoms with E-state index >= 15 is 0 Å². The molecule has 0 aromatic carbocycles. The molecule has 0 fully saturated rings. The Hall–Kier alpha value is -0.810. The Balaban J connectivity index is 4.88. The standard InChI is InChI=1S/C15H21F9O2S/c1-4-7-26-11(25)10(9(2)3)27-8-5-6-12(16,17)13(18,19)14(20,21)15(22,23)24/h9-10H,4-8H2,1-3H3. The van der Waals surface area contributed by atoms with Crippen LogP contribution in [0.5, 0.6) is 0 Å². The van der Waals surface area contributed by atoms with E-state index in [1.54, 1.807) is 20.8 Å². The minimum Gasteiger partial charge on any atom is -0.465 e. The summed E-state index contributed by atoms with van der Waals surface area (Å²) in [5, 5.41) is -0.803. The lowest BCUT2D eigenvalue weighted by Crippen LogP contribution is -2.60. The molecule has 0 aromatic heterocycles. The van der Waals surface area contributed by atoms with Crippen molar-refractivity contribution in [3.63, 3.8) is 0 Å². The van der Waals surface area contributed by atoms with Gasteiger partial charge < -0.3 is 4.74 Å². The predicted octanol–water partition coefficient (Wildman–Crippen LogP) is 5.95. The van der Waals surface area contributed by atoms with E-state index in [-0.39, 0.29) is 18.3 Å². The van der Waals surface area contributed by atoms with Crippen molar-refractivity contribution in [3.8, 4) is 0 Å². The molecule has 0 saturated carbocycles. The molecular formula is C15H21F9O2S. The van der Waals surface area contributed by atoms with E-state index in [0.717, 1.165) is 11.8 Å². The fourth-order valence-electron chi connectivity index (χ4n) is 1.89. The number of hydrogen-bond donors (Lipinski definition) is 0. The van der Waals surface area contributed by atoms with Crippen LogP contribution in [0.1, 0.15) is 40.0 Å². The normalized spacial score (nSPS) is 15.1.